The zero-order valence-corrected chi connectivity index (χ0v) is 10.3. The molecule has 3 rings (SSSR count). The van der Waals surface area contributed by atoms with Crippen molar-refractivity contribution in [1.82, 2.24) is 4.98 Å². The Kier molecular flexibility index (Phi) is 2.37. The Morgan fingerprint density at radius 3 is 2.65 bits per heavy atom. The van der Waals surface area contributed by atoms with Gasteiger partial charge in [-0.25, -0.2) is 4.98 Å². The van der Waals surface area contributed by atoms with Gasteiger partial charge in [-0.2, -0.15) is 0 Å². The summed E-state index contributed by atoms with van der Waals surface area (Å²) < 4.78 is 6.49. The topological polar surface area (TPSA) is 46.3 Å². The normalized spacial score (nSPS) is 10.9. The first-order valence-electron chi connectivity index (χ1n) is 5.09. The fraction of sp³-hybridized carbons (Fsp3) is 0. The number of hydrogen-bond donors (Lipinski definition) is 1. The third-order valence-electron chi connectivity index (χ3n) is 2.50. The number of oxazole rings is 1. The van der Waals surface area contributed by atoms with Crippen molar-refractivity contribution in [3.63, 3.8) is 0 Å². The summed E-state index contributed by atoms with van der Waals surface area (Å²) in [6.07, 6.45) is 0. The predicted octanol–water partition coefficient (Wildman–Crippen LogP) is 3.96. The molecule has 84 valence electrons. The largest absolute Gasteiger partial charge is 0.507 e. The van der Waals surface area contributed by atoms with Gasteiger partial charge in [0.15, 0.2) is 5.58 Å². The molecule has 4 heteroatoms. The zero-order chi connectivity index (χ0) is 11.8. The molecule has 0 fully saturated rings. The van der Waals surface area contributed by atoms with Crippen LogP contribution in [0, 0.1) is 0 Å². The molecule has 1 aromatic heterocycles. The van der Waals surface area contributed by atoms with Crippen molar-refractivity contribution < 1.29 is 9.52 Å². The zero-order valence-electron chi connectivity index (χ0n) is 8.72. The SMILES string of the molecule is Oc1ccccc1-c1nc2c(Br)cccc2o1. The summed E-state index contributed by atoms with van der Waals surface area (Å²) in [5.41, 5.74) is 2.04. The van der Waals surface area contributed by atoms with Crippen LogP contribution in [0.15, 0.2) is 51.4 Å². The predicted molar refractivity (Wildman–Crippen MR) is 68.8 cm³/mol. The Morgan fingerprint density at radius 2 is 1.88 bits per heavy atom. The number of phenols is 1. The van der Waals surface area contributed by atoms with E-state index < -0.39 is 0 Å². The lowest BCUT2D eigenvalue weighted by Crippen LogP contribution is -1.77. The van der Waals surface area contributed by atoms with Gasteiger partial charge in [0.2, 0.25) is 5.89 Å². The first-order valence-corrected chi connectivity index (χ1v) is 5.88. The number of phenolic OH excluding ortho intramolecular Hbond substituents is 1. The summed E-state index contributed by atoms with van der Waals surface area (Å²) in [4.78, 5) is 4.37. The van der Waals surface area contributed by atoms with Crippen LogP contribution in [0.1, 0.15) is 0 Å². The summed E-state index contributed by atoms with van der Waals surface area (Å²) in [6.45, 7) is 0. The van der Waals surface area contributed by atoms with Gasteiger partial charge < -0.3 is 9.52 Å². The van der Waals surface area contributed by atoms with E-state index in [-0.39, 0.29) is 5.75 Å². The van der Waals surface area contributed by atoms with E-state index in [1.165, 1.54) is 0 Å². The molecule has 0 unspecified atom stereocenters. The minimum Gasteiger partial charge on any atom is -0.507 e. The molecule has 0 radical (unpaired) electrons. The molecule has 0 aliphatic heterocycles. The van der Waals surface area contributed by atoms with Gasteiger partial charge in [0.05, 0.1) is 5.56 Å². The van der Waals surface area contributed by atoms with Crippen LogP contribution in [0.3, 0.4) is 0 Å². The minimum atomic E-state index is 0.162. The Labute approximate surface area is 106 Å². The van der Waals surface area contributed by atoms with Crippen molar-refractivity contribution >= 4 is 27.0 Å². The standard InChI is InChI=1S/C13H8BrNO2/c14-9-5-3-7-11-12(9)15-13(17-11)8-4-1-2-6-10(8)16/h1-7,16H. The molecule has 3 aromatic rings. The van der Waals surface area contributed by atoms with Crippen molar-refractivity contribution in [1.29, 1.82) is 0 Å². The molecular weight excluding hydrogens is 282 g/mol. The Bertz CT molecular complexity index is 691. The highest BCUT2D eigenvalue weighted by molar-refractivity contribution is 9.10. The second-order valence-corrected chi connectivity index (χ2v) is 4.48. The molecule has 0 aliphatic carbocycles. The van der Waals surface area contributed by atoms with Crippen molar-refractivity contribution in [3.05, 3.63) is 46.9 Å². The molecule has 0 bridgehead atoms. The number of hydrogen-bond acceptors (Lipinski definition) is 3. The van der Waals surface area contributed by atoms with E-state index in [0.29, 0.717) is 17.0 Å². The van der Waals surface area contributed by atoms with Crippen molar-refractivity contribution in [3.8, 4) is 17.2 Å². The van der Waals surface area contributed by atoms with E-state index in [9.17, 15) is 5.11 Å². The van der Waals surface area contributed by atoms with Gasteiger partial charge in [-0.05, 0) is 40.2 Å². The lowest BCUT2D eigenvalue weighted by molar-refractivity contribution is 0.474. The number of aromatic nitrogens is 1. The first-order chi connectivity index (χ1) is 8.25. The smallest absolute Gasteiger partial charge is 0.231 e. The minimum absolute atomic E-state index is 0.162. The molecule has 0 amide bonds. The third-order valence-corrected chi connectivity index (χ3v) is 3.14. The number of fused-ring (bicyclic) bond motifs is 1. The number of nitrogens with zero attached hydrogens (tertiary/aromatic N) is 1. The summed E-state index contributed by atoms with van der Waals surface area (Å²) in [5, 5.41) is 9.75. The summed E-state index contributed by atoms with van der Waals surface area (Å²) in [7, 11) is 0. The average molecular weight is 290 g/mol. The summed E-state index contributed by atoms with van der Waals surface area (Å²) in [6, 6.07) is 12.6. The van der Waals surface area contributed by atoms with Crippen LogP contribution >= 0.6 is 15.9 Å². The van der Waals surface area contributed by atoms with Crippen LogP contribution in [-0.2, 0) is 0 Å². The van der Waals surface area contributed by atoms with Crippen LogP contribution in [0.4, 0.5) is 0 Å². The summed E-state index contributed by atoms with van der Waals surface area (Å²) >= 11 is 3.42. The monoisotopic (exact) mass is 289 g/mol. The van der Waals surface area contributed by atoms with Crippen molar-refractivity contribution in [2.45, 2.75) is 0 Å². The molecule has 0 saturated carbocycles. The van der Waals surface area contributed by atoms with E-state index in [0.717, 1.165) is 9.99 Å². The van der Waals surface area contributed by atoms with E-state index >= 15 is 0 Å². The third kappa shape index (κ3) is 1.70. The number of benzene rings is 2. The van der Waals surface area contributed by atoms with Gasteiger partial charge in [0.25, 0.3) is 0 Å². The summed E-state index contributed by atoms with van der Waals surface area (Å²) in [5.74, 6) is 0.583. The maximum atomic E-state index is 9.75. The van der Waals surface area contributed by atoms with E-state index in [2.05, 4.69) is 20.9 Å². The fourth-order valence-corrected chi connectivity index (χ4v) is 2.12. The molecule has 0 saturated heterocycles. The fourth-order valence-electron chi connectivity index (χ4n) is 1.68. The first kappa shape index (κ1) is 10.4. The Hall–Kier alpha value is -1.81. The molecule has 1 N–H and O–H groups in total. The van der Waals surface area contributed by atoms with Crippen LogP contribution in [-0.4, -0.2) is 10.1 Å². The molecular formula is C13H8BrNO2. The van der Waals surface area contributed by atoms with Gasteiger partial charge >= 0.3 is 0 Å². The van der Waals surface area contributed by atoms with Gasteiger partial charge in [-0.15, -0.1) is 0 Å². The highest BCUT2D eigenvalue weighted by atomic mass is 79.9. The Morgan fingerprint density at radius 1 is 1.06 bits per heavy atom. The molecule has 0 atom stereocenters. The number of rotatable bonds is 1. The van der Waals surface area contributed by atoms with Crippen molar-refractivity contribution in [2.24, 2.45) is 0 Å². The molecule has 0 spiro atoms. The van der Waals surface area contributed by atoms with Crippen LogP contribution in [0.5, 0.6) is 5.75 Å². The van der Waals surface area contributed by atoms with Gasteiger partial charge in [-0.1, -0.05) is 18.2 Å². The van der Waals surface area contributed by atoms with Crippen LogP contribution in [0.25, 0.3) is 22.6 Å². The lowest BCUT2D eigenvalue weighted by atomic mass is 10.2. The maximum Gasteiger partial charge on any atom is 0.231 e. The lowest BCUT2D eigenvalue weighted by Gasteiger charge is -1.97. The molecule has 1 heterocycles. The molecule has 3 nitrogen and oxygen atoms in total. The number of aromatic hydroxyl groups is 1. The van der Waals surface area contributed by atoms with Gasteiger partial charge in [0, 0.05) is 4.47 Å². The molecule has 17 heavy (non-hydrogen) atoms. The average Bonchev–Trinajstić information content (AvgIpc) is 2.75. The van der Waals surface area contributed by atoms with Gasteiger partial charge in [-0.3, -0.25) is 0 Å². The van der Waals surface area contributed by atoms with Crippen LogP contribution in [0.2, 0.25) is 0 Å². The maximum absolute atomic E-state index is 9.75. The number of para-hydroxylation sites is 2. The van der Waals surface area contributed by atoms with E-state index in [1.54, 1.807) is 18.2 Å². The Balaban J connectivity index is 2.26. The van der Waals surface area contributed by atoms with E-state index in [1.807, 2.05) is 24.3 Å². The highest BCUT2D eigenvalue weighted by Crippen LogP contribution is 2.32. The second kappa shape index (κ2) is 3.89. The highest BCUT2D eigenvalue weighted by Gasteiger charge is 2.12. The quantitative estimate of drug-likeness (QED) is 0.737. The van der Waals surface area contributed by atoms with Crippen molar-refractivity contribution in [2.75, 3.05) is 0 Å². The van der Waals surface area contributed by atoms with Gasteiger partial charge in [0.1, 0.15) is 11.3 Å². The molecule has 2 aromatic carbocycles. The molecule has 0 aliphatic rings. The second-order valence-electron chi connectivity index (χ2n) is 3.62. The van der Waals surface area contributed by atoms with Crippen LogP contribution < -0.4 is 0 Å². The number of halogens is 1. The van der Waals surface area contributed by atoms with E-state index in [4.69, 9.17) is 4.42 Å².